The number of nitriles is 2. The largest absolute Gasteiger partial charge is 0.345 e. The Morgan fingerprint density at radius 3 is 2.52 bits per heavy atom. The second kappa shape index (κ2) is 7.53. The maximum atomic E-state index is 12.8. The number of aromatic nitrogens is 2. The number of urea groups is 1. The smallest absolute Gasteiger partial charge is 0.336 e. The number of amides is 3. The van der Waals surface area contributed by atoms with Gasteiger partial charge in [-0.25, -0.2) is 27.5 Å². The number of benzene rings is 1. The van der Waals surface area contributed by atoms with Crippen molar-refractivity contribution in [3.05, 3.63) is 47.5 Å². The van der Waals surface area contributed by atoms with Crippen molar-refractivity contribution >= 4 is 27.6 Å². The second-order valence-electron chi connectivity index (χ2n) is 6.00. The van der Waals surface area contributed by atoms with Crippen LogP contribution in [0.25, 0.3) is 0 Å². The van der Waals surface area contributed by atoms with Crippen molar-refractivity contribution in [2.24, 2.45) is 0 Å². The zero-order chi connectivity index (χ0) is 21.2. The van der Waals surface area contributed by atoms with Crippen LogP contribution in [0.2, 0.25) is 0 Å². The molecule has 0 bridgehead atoms. The van der Waals surface area contributed by atoms with E-state index in [9.17, 15) is 18.0 Å². The SMILES string of the molecule is C[C@H](NC(=O)CN1C(=O)Nc2ccc(C#N)cc2S1(=O)=O)c1ncc(C#N)cn1. The number of carbonyl (C=O) groups is 2. The van der Waals surface area contributed by atoms with Crippen molar-refractivity contribution in [2.45, 2.75) is 17.9 Å². The van der Waals surface area contributed by atoms with Gasteiger partial charge in [0.05, 0.1) is 28.9 Å². The van der Waals surface area contributed by atoms with Gasteiger partial charge in [0.1, 0.15) is 23.3 Å². The van der Waals surface area contributed by atoms with Gasteiger partial charge < -0.3 is 10.6 Å². The lowest BCUT2D eigenvalue weighted by Crippen LogP contribution is -2.49. The molecule has 0 radical (unpaired) electrons. The molecule has 3 amide bonds. The van der Waals surface area contributed by atoms with Crippen molar-refractivity contribution < 1.29 is 18.0 Å². The Morgan fingerprint density at radius 2 is 1.90 bits per heavy atom. The summed E-state index contributed by atoms with van der Waals surface area (Å²) in [6.45, 7) is 0.795. The molecule has 2 aromatic rings. The van der Waals surface area contributed by atoms with Gasteiger partial charge >= 0.3 is 6.03 Å². The molecule has 1 aromatic heterocycles. The average molecular weight is 411 g/mol. The first-order chi connectivity index (χ1) is 13.8. The van der Waals surface area contributed by atoms with Gasteiger partial charge in [0.15, 0.2) is 0 Å². The quantitative estimate of drug-likeness (QED) is 0.738. The van der Waals surface area contributed by atoms with Crippen molar-refractivity contribution in [1.82, 2.24) is 19.6 Å². The Bertz CT molecular complexity index is 1180. The van der Waals surface area contributed by atoms with Gasteiger partial charge in [0, 0.05) is 12.4 Å². The van der Waals surface area contributed by atoms with E-state index in [0.29, 0.717) is 4.31 Å². The molecular weight excluding hydrogens is 398 g/mol. The molecule has 0 saturated carbocycles. The third-order valence-electron chi connectivity index (χ3n) is 4.00. The van der Waals surface area contributed by atoms with Gasteiger partial charge in [0.2, 0.25) is 5.91 Å². The fourth-order valence-corrected chi connectivity index (χ4v) is 4.03. The third kappa shape index (κ3) is 3.83. The molecule has 29 heavy (non-hydrogen) atoms. The predicted octanol–water partition coefficient (Wildman–Crippen LogP) is 0.634. The highest BCUT2D eigenvalue weighted by Gasteiger charge is 2.38. The molecule has 0 unspecified atom stereocenters. The molecule has 0 saturated heterocycles. The Balaban J connectivity index is 1.78. The molecule has 1 aliphatic heterocycles. The van der Waals surface area contributed by atoms with Gasteiger partial charge in [-0.3, -0.25) is 4.79 Å². The van der Waals surface area contributed by atoms with Crippen LogP contribution in [0.15, 0.2) is 35.5 Å². The topological polar surface area (TPSA) is 169 Å². The van der Waals surface area contributed by atoms with Gasteiger partial charge in [-0.05, 0) is 25.1 Å². The average Bonchev–Trinajstić information content (AvgIpc) is 2.71. The first-order valence-corrected chi connectivity index (χ1v) is 9.59. The minimum absolute atomic E-state index is 0.0324. The van der Waals surface area contributed by atoms with E-state index in [-0.39, 0.29) is 27.5 Å². The minimum atomic E-state index is -4.33. The van der Waals surface area contributed by atoms with Crippen LogP contribution in [0.3, 0.4) is 0 Å². The highest BCUT2D eigenvalue weighted by molar-refractivity contribution is 7.90. The molecule has 2 N–H and O–H groups in total. The molecule has 1 aliphatic rings. The normalized spacial score (nSPS) is 15.3. The van der Waals surface area contributed by atoms with E-state index < -0.39 is 34.5 Å². The number of hydrogen-bond acceptors (Lipinski definition) is 8. The van der Waals surface area contributed by atoms with E-state index >= 15 is 0 Å². The fourth-order valence-electron chi connectivity index (χ4n) is 2.57. The summed E-state index contributed by atoms with van der Waals surface area (Å²) < 4.78 is 25.9. The first-order valence-electron chi connectivity index (χ1n) is 8.15. The maximum absolute atomic E-state index is 12.8. The zero-order valence-corrected chi connectivity index (χ0v) is 15.8. The van der Waals surface area contributed by atoms with Crippen molar-refractivity contribution in [2.75, 3.05) is 11.9 Å². The molecule has 1 atom stereocenters. The molecule has 11 nitrogen and oxygen atoms in total. The van der Waals surface area contributed by atoms with Crippen LogP contribution < -0.4 is 10.6 Å². The minimum Gasteiger partial charge on any atom is -0.345 e. The Hall–Kier alpha value is -4.03. The van der Waals surface area contributed by atoms with Crippen LogP contribution in [0.1, 0.15) is 29.9 Å². The lowest BCUT2D eigenvalue weighted by Gasteiger charge is -2.28. The molecule has 2 heterocycles. The van der Waals surface area contributed by atoms with Crippen LogP contribution in [-0.2, 0) is 14.8 Å². The number of nitrogens with one attached hydrogen (secondary N) is 2. The van der Waals surface area contributed by atoms with Gasteiger partial charge in [0.25, 0.3) is 10.0 Å². The number of sulfonamides is 1. The number of carbonyl (C=O) groups excluding carboxylic acids is 2. The number of nitrogens with zero attached hydrogens (tertiary/aromatic N) is 5. The lowest BCUT2D eigenvalue weighted by molar-refractivity contribution is -0.121. The van der Waals surface area contributed by atoms with E-state index in [0.717, 1.165) is 6.07 Å². The molecule has 0 fully saturated rings. The standard InChI is InChI=1S/C17H13N7O4S/c1-10(16-20-7-12(6-19)8-21-16)22-15(25)9-24-17(26)23-13-3-2-11(5-18)4-14(13)29(24,27)28/h2-4,7-8,10H,9H2,1H3,(H,22,25)(H,23,26)/t10-/m0/s1. The lowest BCUT2D eigenvalue weighted by atomic mass is 10.2. The highest BCUT2D eigenvalue weighted by atomic mass is 32.2. The number of anilines is 1. The van der Waals surface area contributed by atoms with Crippen molar-refractivity contribution in [3.8, 4) is 12.1 Å². The molecule has 146 valence electrons. The summed E-state index contributed by atoms with van der Waals surface area (Å²) >= 11 is 0. The van der Waals surface area contributed by atoms with E-state index in [2.05, 4.69) is 20.6 Å². The second-order valence-corrected chi connectivity index (χ2v) is 7.83. The molecule has 0 spiro atoms. The Morgan fingerprint density at radius 1 is 1.24 bits per heavy atom. The van der Waals surface area contributed by atoms with Crippen LogP contribution in [0.4, 0.5) is 10.5 Å². The summed E-state index contributed by atoms with van der Waals surface area (Å²) in [5, 5.41) is 22.6. The van der Waals surface area contributed by atoms with E-state index in [1.165, 1.54) is 24.5 Å². The summed E-state index contributed by atoms with van der Waals surface area (Å²) in [6, 6.07) is 5.82. The summed E-state index contributed by atoms with van der Waals surface area (Å²) in [6.07, 6.45) is 2.58. The molecular formula is C17H13N7O4S. The van der Waals surface area contributed by atoms with Gasteiger partial charge in [-0.15, -0.1) is 0 Å². The summed E-state index contributed by atoms with van der Waals surface area (Å²) in [5.41, 5.74) is 0.378. The number of rotatable bonds is 4. The van der Waals surface area contributed by atoms with Gasteiger partial charge in [-0.2, -0.15) is 10.5 Å². The van der Waals surface area contributed by atoms with Crippen LogP contribution in [0.5, 0.6) is 0 Å². The van der Waals surface area contributed by atoms with E-state index in [1.807, 2.05) is 12.1 Å². The molecule has 12 heteroatoms. The molecule has 3 rings (SSSR count). The van der Waals surface area contributed by atoms with Crippen LogP contribution >= 0.6 is 0 Å². The summed E-state index contributed by atoms with van der Waals surface area (Å²) in [7, 11) is -4.33. The summed E-state index contributed by atoms with van der Waals surface area (Å²) in [4.78, 5) is 32.2. The Labute approximate surface area is 165 Å². The molecule has 1 aromatic carbocycles. The summed E-state index contributed by atoms with van der Waals surface area (Å²) in [5.74, 6) is -0.545. The van der Waals surface area contributed by atoms with E-state index in [1.54, 1.807) is 6.92 Å². The monoisotopic (exact) mass is 411 g/mol. The zero-order valence-electron chi connectivity index (χ0n) is 14.9. The predicted molar refractivity (Wildman–Crippen MR) is 97.4 cm³/mol. The van der Waals surface area contributed by atoms with Crippen LogP contribution in [0, 0.1) is 22.7 Å². The van der Waals surface area contributed by atoms with Crippen molar-refractivity contribution in [3.63, 3.8) is 0 Å². The fraction of sp³-hybridized carbons (Fsp3) is 0.176. The Kier molecular flexibility index (Phi) is 5.12. The van der Waals surface area contributed by atoms with Gasteiger partial charge in [-0.1, -0.05) is 0 Å². The number of hydrogen-bond donors (Lipinski definition) is 2. The first kappa shape index (κ1) is 19.7. The third-order valence-corrected chi connectivity index (χ3v) is 5.77. The van der Waals surface area contributed by atoms with Crippen molar-refractivity contribution in [1.29, 1.82) is 10.5 Å². The van der Waals surface area contributed by atoms with E-state index in [4.69, 9.17) is 10.5 Å². The highest BCUT2D eigenvalue weighted by Crippen LogP contribution is 2.30. The van der Waals surface area contributed by atoms with Crippen LogP contribution in [-0.4, -0.2) is 41.2 Å². The maximum Gasteiger partial charge on any atom is 0.336 e. The molecule has 0 aliphatic carbocycles. The number of fused-ring (bicyclic) bond motifs is 1.